The van der Waals surface area contributed by atoms with Gasteiger partial charge in [0.1, 0.15) is 23.8 Å². The number of rotatable bonds is 10. The Morgan fingerprint density at radius 1 is 1.04 bits per heavy atom. The molecule has 10 nitrogen and oxygen atoms in total. The number of nitrogens with one attached hydrogen (secondary N) is 1. The number of hydrogen-bond acceptors (Lipinski definition) is 9. The van der Waals surface area contributed by atoms with Crippen LogP contribution in [0.3, 0.4) is 0 Å². The molecule has 1 aromatic heterocycles. The summed E-state index contributed by atoms with van der Waals surface area (Å²) < 4.78 is 53.6. The minimum absolute atomic E-state index is 0.0340. The first kappa shape index (κ1) is 33.5. The zero-order chi connectivity index (χ0) is 33.4. The van der Waals surface area contributed by atoms with E-state index in [4.69, 9.17) is 14.5 Å². The van der Waals surface area contributed by atoms with Gasteiger partial charge in [0, 0.05) is 5.56 Å². The first-order valence-electron chi connectivity index (χ1n) is 14.8. The average molecular weight is 667 g/mol. The highest BCUT2D eigenvalue weighted by Crippen LogP contribution is 2.30. The van der Waals surface area contributed by atoms with Gasteiger partial charge in [-0.3, -0.25) is 10.2 Å². The van der Waals surface area contributed by atoms with Crippen LogP contribution in [0.1, 0.15) is 42.4 Å². The predicted molar refractivity (Wildman–Crippen MR) is 174 cm³/mol. The molecule has 0 unspecified atom stereocenters. The number of nitrogens with zero attached hydrogens (tertiary/aromatic N) is 5. The van der Waals surface area contributed by atoms with E-state index in [0.717, 1.165) is 59.4 Å². The van der Waals surface area contributed by atoms with Crippen LogP contribution in [0.2, 0.25) is 0 Å². The van der Waals surface area contributed by atoms with Gasteiger partial charge in [0.25, 0.3) is 0 Å². The van der Waals surface area contributed by atoms with Crippen molar-refractivity contribution in [3.63, 3.8) is 0 Å². The summed E-state index contributed by atoms with van der Waals surface area (Å²) in [7, 11) is 1.62. The third-order valence-electron chi connectivity index (χ3n) is 7.37. The number of aryl methyl sites for hydroxylation is 2. The Hall–Kier alpha value is -4.85. The minimum atomic E-state index is -4.76. The Morgan fingerprint density at radius 2 is 1.72 bits per heavy atom. The van der Waals surface area contributed by atoms with E-state index in [0.29, 0.717) is 16.7 Å². The maximum atomic E-state index is 12.4. The third kappa shape index (κ3) is 9.35. The molecule has 1 heterocycles. The van der Waals surface area contributed by atoms with Crippen molar-refractivity contribution >= 4 is 34.8 Å². The Labute approximate surface area is 274 Å². The van der Waals surface area contributed by atoms with Crippen molar-refractivity contribution < 1.29 is 32.2 Å². The van der Waals surface area contributed by atoms with E-state index in [1.54, 1.807) is 13.3 Å². The fraction of sp³-hybridized carbons (Fsp3) is 0.303. The van der Waals surface area contributed by atoms with Gasteiger partial charge in [-0.15, -0.1) is 18.3 Å². The number of benzene rings is 3. The number of aromatic nitrogens is 3. The SMILES string of the molecule is COc1cc(C)c(N=C(N/N=C\c2ccc(-c3ncn(-c4ccc(OC(F)(F)F)cc4)n3)cc2)SCOC(=O)C2CCCC2)c(C)c1. The first-order chi connectivity index (χ1) is 22.6. The summed E-state index contributed by atoms with van der Waals surface area (Å²) >= 11 is 1.24. The molecule has 0 atom stereocenters. The molecular formula is C33H33F3N6O4S. The second-order valence-electron chi connectivity index (χ2n) is 10.8. The Morgan fingerprint density at radius 3 is 2.36 bits per heavy atom. The van der Waals surface area contributed by atoms with E-state index in [1.165, 1.54) is 47.0 Å². The number of amidine groups is 1. The van der Waals surface area contributed by atoms with Crippen molar-refractivity contribution in [3.05, 3.63) is 83.7 Å². The zero-order valence-corrected chi connectivity index (χ0v) is 26.8. The standard InChI is InChI=1S/C33H33F3N6O4S/c1-21-16-28(44-3)17-22(2)29(21)39-32(47-20-45-31(43)25-6-4-5-7-25)40-38-18-23-8-10-24(11-9-23)30-37-19-42(41-30)26-12-14-27(15-13-26)46-33(34,35)36/h8-19,25H,4-7,20H2,1-3H3,(H,39,40)/b38-18-. The molecule has 0 amide bonds. The van der Waals surface area contributed by atoms with Crippen molar-refractivity contribution in [2.45, 2.75) is 45.9 Å². The quantitative estimate of drug-likeness (QED) is 0.0609. The smallest absolute Gasteiger partial charge is 0.497 e. The molecule has 246 valence electrons. The molecule has 47 heavy (non-hydrogen) atoms. The van der Waals surface area contributed by atoms with Gasteiger partial charge in [0.2, 0.25) is 0 Å². The molecular weight excluding hydrogens is 633 g/mol. The number of ether oxygens (including phenoxy) is 3. The third-order valence-corrected chi connectivity index (χ3v) is 8.06. The number of thioether (sulfide) groups is 1. The Balaban J connectivity index is 1.24. The monoisotopic (exact) mass is 666 g/mol. The van der Waals surface area contributed by atoms with Crippen LogP contribution in [0, 0.1) is 19.8 Å². The van der Waals surface area contributed by atoms with Crippen LogP contribution < -0.4 is 14.9 Å². The number of methoxy groups -OCH3 is 1. The predicted octanol–water partition coefficient (Wildman–Crippen LogP) is 7.49. The van der Waals surface area contributed by atoms with Gasteiger partial charge in [0.15, 0.2) is 11.0 Å². The molecule has 3 aromatic carbocycles. The average Bonchev–Trinajstić information content (AvgIpc) is 3.76. The topological polar surface area (TPSA) is 112 Å². The van der Waals surface area contributed by atoms with Crippen molar-refractivity contribution in [2.75, 3.05) is 13.0 Å². The summed E-state index contributed by atoms with van der Waals surface area (Å²) in [6.07, 6.45) is 2.18. The van der Waals surface area contributed by atoms with Crippen LogP contribution in [0.25, 0.3) is 17.1 Å². The fourth-order valence-corrected chi connectivity index (χ4v) is 5.58. The van der Waals surface area contributed by atoms with Crippen LogP contribution in [0.15, 0.2) is 77.1 Å². The largest absolute Gasteiger partial charge is 0.573 e. The molecule has 0 spiro atoms. The molecule has 1 aliphatic rings. The molecule has 1 saturated carbocycles. The lowest BCUT2D eigenvalue weighted by molar-refractivity contribution is -0.274. The highest BCUT2D eigenvalue weighted by molar-refractivity contribution is 8.13. The molecule has 14 heteroatoms. The molecule has 1 fully saturated rings. The highest BCUT2D eigenvalue weighted by Gasteiger charge is 2.31. The minimum Gasteiger partial charge on any atom is -0.497 e. The molecule has 1 aliphatic carbocycles. The van der Waals surface area contributed by atoms with Gasteiger partial charge < -0.3 is 14.2 Å². The molecule has 1 N–H and O–H groups in total. The van der Waals surface area contributed by atoms with E-state index >= 15 is 0 Å². The number of hydrazone groups is 1. The summed E-state index contributed by atoms with van der Waals surface area (Å²) in [5.74, 6) is 0.744. The number of carbonyl (C=O) groups is 1. The Bertz CT molecular complexity index is 1710. The highest BCUT2D eigenvalue weighted by atomic mass is 32.2. The van der Waals surface area contributed by atoms with Crippen LogP contribution in [0.4, 0.5) is 18.9 Å². The summed E-state index contributed by atoms with van der Waals surface area (Å²) in [6, 6.07) is 16.5. The molecule has 0 saturated heterocycles. The van der Waals surface area contributed by atoms with E-state index < -0.39 is 6.36 Å². The molecule has 4 aromatic rings. The van der Waals surface area contributed by atoms with Crippen molar-refractivity contribution in [1.29, 1.82) is 0 Å². The summed E-state index contributed by atoms with van der Waals surface area (Å²) in [6.45, 7) is 3.89. The zero-order valence-electron chi connectivity index (χ0n) is 26.0. The number of esters is 1. The molecule has 0 aliphatic heterocycles. The molecule has 0 bridgehead atoms. The number of hydrogen-bond donors (Lipinski definition) is 1. The lowest BCUT2D eigenvalue weighted by atomic mass is 10.1. The van der Waals surface area contributed by atoms with Gasteiger partial charge in [-0.2, -0.15) is 5.10 Å². The second-order valence-corrected chi connectivity index (χ2v) is 11.7. The van der Waals surface area contributed by atoms with Crippen molar-refractivity contribution in [2.24, 2.45) is 16.0 Å². The van der Waals surface area contributed by atoms with Crippen LogP contribution >= 0.6 is 11.8 Å². The lowest BCUT2D eigenvalue weighted by Gasteiger charge is -2.12. The normalized spacial score (nSPS) is 14.0. The van der Waals surface area contributed by atoms with Crippen molar-refractivity contribution in [1.82, 2.24) is 20.2 Å². The summed E-state index contributed by atoms with van der Waals surface area (Å²) in [4.78, 5) is 21.5. The van der Waals surface area contributed by atoms with Gasteiger partial charge in [-0.05, 0) is 91.5 Å². The maximum Gasteiger partial charge on any atom is 0.573 e. The number of alkyl halides is 3. The molecule has 5 rings (SSSR count). The second kappa shape index (κ2) is 15.2. The molecule has 0 radical (unpaired) electrons. The summed E-state index contributed by atoms with van der Waals surface area (Å²) in [5.41, 5.74) is 7.65. The van der Waals surface area contributed by atoms with Crippen molar-refractivity contribution in [3.8, 4) is 28.6 Å². The van der Waals surface area contributed by atoms with E-state index in [-0.39, 0.29) is 23.6 Å². The van der Waals surface area contributed by atoms with Gasteiger partial charge in [-0.25, -0.2) is 14.7 Å². The van der Waals surface area contributed by atoms with Crippen LogP contribution in [-0.4, -0.2) is 51.5 Å². The number of halogens is 3. The lowest BCUT2D eigenvalue weighted by Crippen LogP contribution is -2.18. The van der Waals surface area contributed by atoms with Crippen LogP contribution in [0.5, 0.6) is 11.5 Å². The fourth-order valence-electron chi connectivity index (χ4n) is 5.02. The van der Waals surface area contributed by atoms with E-state index in [9.17, 15) is 18.0 Å². The van der Waals surface area contributed by atoms with Gasteiger partial charge >= 0.3 is 12.3 Å². The van der Waals surface area contributed by atoms with Crippen LogP contribution in [-0.2, 0) is 9.53 Å². The summed E-state index contributed by atoms with van der Waals surface area (Å²) in [5, 5.41) is 9.27. The van der Waals surface area contributed by atoms with Gasteiger partial charge in [-0.1, -0.05) is 37.1 Å². The van der Waals surface area contributed by atoms with Gasteiger partial charge in [0.05, 0.1) is 30.6 Å². The maximum absolute atomic E-state index is 12.4. The number of carbonyl (C=O) groups excluding carboxylic acids is 1. The van der Waals surface area contributed by atoms with E-state index in [1.807, 2.05) is 50.2 Å². The Kier molecular flexibility index (Phi) is 10.8. The number of aliphatic imine (C=N–C) groups is 1. The first-order valence-corrected chi connectivity index (χ1v) is 15.8. The van der Waals surface area contributed by atoms with E-state index in [2.05, 4.69) is 25.3 Å².